The Kier molecular flexibility index (Phi) is 6.97. The van der Waals surface area contributed by atoms with E-state index in [1.54, 1.807) is 0 Å². The van der Waals surface area contributed by atoms with Gasteiger partial charge in [0.2, 0.25) is 0 Å². The minimum absolute atomic E-state index is 0.382. The lowest BCUT2D eigenvalue weighted by Crippen LogP contribution is -2.34. The second-order valence-electron chi connectivity index (χ2n) is 7.84. The largest absolute Gasteiger partial charge is 0.444 e. The van der Waals surface area contributed by atoms with Crippen LogP contribution >= 0.6 is 0 Å². The fourth-order valence-corrected chi connectivity index (χ4v) is 2.28. The maximum atomic E-state index is 11.6. The van der Waals surface area contributed by atoms with E-state index in [0.29, 0.717) is 12.3 Å². The molecule has 0 saturated heterocycles. The first kappa shape index (κ1) is 20.2. The Morgan fingerprint density at radius 2 is 2.00 bits per heavy atom. The lowest BCUT2D eigenvalue weighted by atomic mass is 10.2. The van der Waals surface area contributed by atoms with Crippen LogP contribution in [0.25, 0.3) is 0 Å². The van der Waals surface area contributed by atoms with Crippen molar-refractivity contribution >= 4 is 20.1 Å². The standard InChI is InChI=1S/C18H30N2O3Si/c1-18(2,3)23-17(21)19-12-8-13-20(4)16-10-9-15(22-16)11-14-24(5,6)7/h9-10H,8,12-13H2,1-7H3,(H,19,21). The summed E-state index contributed by atoms with van der Waals surface area (Å²) in [5.74, 6) is 4.59. The zero-order valence-electron chi connectivity index (χ0n) is 15.9. The van der Waals surface area contributed by atoms with Crippen molar-refractivity contribution in [1.82, 2.24) is 5.32 Å². The SMILES string of the molecule is CN(CCCNC(=O)OC(C)(C)C)c1ccc(C#C[Si](C)(C)C)o1. The van der Waals surface area contributed by atoms with E-state index in [4.69, 9.17) is 9.15 Å². The molecule has 1 amide bonds. The molecule has 5 nitrogen and oxygen atoms in total. The van der Waals surface area contributed by atoms with Gasteiger partial charge in [0.25, 0.3) is 0 Å². The summed E-state index contributed by atoms with van der Waals surface area (Å²) in [7, 11) is 0.562. The molecule has 0 fully saturated rings. The van der Waals surface area contributed by atoms with Crippen LogP contribution in [0.15, 0.2) is 16.5 Å². The number of ether oxygens (including phenoxy) is 1. The van der Waals surface area contributed by atoms with Crippen molar-refractivity contribution in [3.8, 4) is 11.5 Å². The van der Waals surface area contributed by atoms with Crippen molar-refractivity contribution in [3.63, 3.8) is 0 Å². The smallest absolute Gasteiger partial charge is 0.407 e. The summed E-state index contributed by atoms with van der Waals surface area (Å²) >= 11 is 0. The molecule has 0 aliphatic rings. The minimum Gasteiger partial charge on any atom is -0.444 e. The molecular formula is C18H30N2O3Si. The number of alkyl carbamates (subject to hydrolysis) is 1. The van der Waals surface area contributed by atoms with Gasteiger partial charge in [-0.25, -0.2) is 4.79 Å². The highest BCUT2D eigenvalue weighted by atomic mass is 28.3. The van der Waals surface area contributed by atoms with E-state index in [-0.39, 0.29) is 6.09 Å². The van der Waals surface area contributed by atoms with Crippen LogP contribution in [0, 0.1) is 11.5 Å². The van der Waals surface area contributed by atoms with Gasteiger partial charge in [0, 0.05) is 26.2 Å². The van der Waals surface area contributed by atoms with Crippen molar-refractivity contribution in [2.75, 3.05) is 25.0 Å². The van der Waals surface area contributed by atoms with Crippen LogP contribution in [0.5, 0.6) is 0 Å². The zero-order valence-corrected chi connectivity index (χ0v) is 16.9. The van der Waals surface area contributed by atoms with Crippen LogP contribution in [0.2, 0.25) is 19.6 Å². The predicted molar refractivity (Wildman–Crippen MR) is 101 cm³/mol. The summed E-state index contributed by atoms with van der Waals surface area (Å²) in [5.41, 5.74) is 2.82. The van der Waals surface area contributed by atoms with Gasteiger partial charge < -0.3 is 19.4 Å². The van der Waals surface area contributed by atoms with Gasteiger partial charge in [0.05, 0.1) is 0 Å². The van der Waals surface area contributed by atoms with Gasteiger partial charge in [0.1, 0.15) is 13.7 Å². The van der Waals surface area contributed by atoms with E-state index in [2.05, 4.69) is 36.4 Å². The summed E-state index contributed by atoms with van der Waals surface area (Å²) in [6.45, 7) is 13.5. The van der Waals surface area contributed by atoms with E-state index >= 15 is 0 Å². The average molecular weight is 351 g/mol. The number of anilines is 1. The van der Waals surface area contributed by atoms with Crippen LogP contribution < -0.4 is 10.2 Å². The van der Waals surface area contributed by atoms with E-state index in [1.165, 1.54) is 0 Å². The lowest BCUT2D eigenvalue weighted by Gasteiger charge is -2.20. The van der Waals surface area contributed by atoms with Crippen molar-refractivity contribution in [2.24, 2.45) is 0 Å². The van der Waals surface area contributed by atoms with Crippen LogP contribution in [-0.2, 0) is 4.74 Å². The van der Waals surface area contributed by atoms with E-state index in [1.807, 2.05) is 44.9 Å². The molecule has 0 aliphatic heterocycles. The topological polar surface area (TPSA) is 54.7 Å². The Labute approximate surface area is 146 Å². The Morgan fingerprint density at radius 3 is 2.58 bits per heavy atom. The number of carbonyl (C=O) groups excluding carboxylic acids is 1. The number of amides is 1. The van der Waals surface area contributed by atoms with Gasteiger partial charge in [-0.2, -0.15) is 0 Å². The molecule has 1 aromatic rings. The van der Waals surface area contributed by atoms with Crippen LogP contribution in [0.4, 0.5) is 10.7 Å². The summed E-state index contributed by atoms with van der Waals surface area (Å²) in [5, 5.41) is 2.75. The molecule has 0 spiro atoms. The van der Waals surface area contributed by atoms with Gasteiger partial charge in [-0.15, -0.1) is 5.54 Å². The first-order valence-corrected chi connectivity index (χ1v) is 11.8. The van der Waals surface area contributed by atoms with Crippen LogP contribution in [0.3, 0.4) is 0 Å². The first-order valence-electron chi connectivity index (χ1n) is 8.27. The third-order valence-electron chi connectivity index (χ3n) is 2.87. The van der Waals surface area contributed by atoms with Crippen LogP contribution in [0.1, 0.15) is 33.0 Å². The summed E-state index contributed by atoms with van der Waals surface area (Å²) in [4.78, 5) is 13.6. The molecule has 6 heteroatoms. The van der Waals surface area contributed by atoms with Crippen molar-refractivity contribution in [1.29, 1.82) is 0 Å². The highest BCUT2D eigenvalue weighted by Gasteiger charge is 2.15. The first-order chi connectivity index (χ1) is 11.0. The molecule has 1 heterocycles. The molecule has 0 aromatic carbocycles. The number of hydrogen-bond donors (Lipinski definition) is 1. The molecule has 24 heavy (non-hydrogen) atoms. The number of carbonyl (C=O) groups is 1. The molecule has 1 N–H and O–H groups in total. The molecule has 0 radical (unpaired) electrons. The van der Waals surface area contributed by atoms with Gasteiger partial charge in [-0.3, -0.25) is 0 Å². The molecule has 1 aromatic heterocycles. The Hall–Kier alpha value is -1.87. The van der Waals surface area contributed by atoms with Crippen LogP contribution in [-0.4, -0.2) is 39.9 Å². The summed E-state index contributed by atoms with van der Waals surface area (Å²) in [6.07, 6.45) is 0.416. The molecule has 0 bridgehead atoms. The molecule has 1 rings (SSSR count). The molecule has 0 saturated carbocycles. The quantitative estimate of drug-likeness (QED) is 0.498. The zero-order chi connectivity index (χ0) is 18.4. The average Bonchev–Trinajstić information content (AvgIpc) is 2.87. The summed E-state index contributed by atoms with van der Waals surface area (Å²) in [6, 6.07) is 3.83. The van der Waals surface area contributed by atoms with Gasteiger partial charge >= 0.3 is 6.09 Å². The number of nitrogens with zero attached hydrogens (tertiary/aromatic N) is 1. The lowest BCUT2D eigenvalue weighted by molar-refractivity contribution is 0.0527. The molecule has 134 valence electrons. The molecular weight excluding hydrogens is 320 g/mol. The Balaban J connectivity index is 2.38. The molecule has 0 unspecified atom stereocenters. The number of nitrogens with one attached hydrogen (secondary N) is 1. The maximum Gasteiger partial charge on any atom is 0.407 e. The Bertz CT molecular complexity index is 600. The number of hydrogen-bond acceptors (Lipinski definition) is 4. The highest BCUT2D eigenvalue weighted by molar-refractivity contribution is 6.83. The molecule has 0 aliphatic carbocycles. The van der Waals surface area contributed by atoms with E-state index < -0.39 is 13.7 Å². The fraction of sp³-hybridized carbons (Fsp3) is 0.611. The van der Waals surface area contributed by atoms with Crippen molar-refractivity contribution in [3.05, 3.63) is 17.9 Å². The highest BCUT2D eigenvalue weighted by Crippen LogP contribution is 2.17. The van der Waals surface area contributed by atoms with Gasteiger partial charge in [-0.1, -0.05) is 19.6 Å². The van der Waals surface area contributed by atoms with E-state index in [0.717, 1.165) is 18.8 Å². The normalized spacial score (nSPS) is 11.5. The number of furan rings is 1. The molecule has 0 atom stereocenters. The van der Waals surface area contributed by atoms with Gasteiger partial charge in [0.15, 0.2) is 11.6 Å². The monoisotopic (exact) mass is 350 g/mol. The number of rotatable bonds is 5. The minimum atomic E-state index is -1.40. The second-order valence-corrected chi connectivity index (χ2v) is 12.6. The third kappa shape index (κ3) is 8.68. The fourth-order valence-electron chi connectivity index (χ4n) is 1.78. The van der Waals surface area contributed by atoms with Crippen molar-refractivity contribution in [2.45, 2.75) is 52.4 Å². The second kappa shape index (κ2) is 8.29. The maximum absolute atomic E-state index is 11.6. The third-order valence-corrected chi connectivity index (χ3v) is 3.74. The van der Waals surface area contributed by atoms with Crippen molar-refractivity contribution < 1.29 is 13.9 Å². The summed E-state index contributed by atoms with van der Waals surface area (Å²) < 4.78 is 10.9. The Morgan fingerprint density at radius 1 is 1.33 bits per heavy atom. The van der Waals surface area contributed by atoms with E-state index in [9.17, 15) is 4.79 Å². The predicted octanol–water partition coefficient (Wildman–Crippen LogP) is 3.86. The van der Waals surface area contributed by atoms with Gasteiger partial charge in [-0.05, 0) is 39.2 Å².